The minimum absolute atomic E-state index is 0.480. The SMILES string of the molecule is N#Cc1ccc(Oc2ccc(B3OCCCCO3)c(C=O)c2)cc1. The van der Waals surface area contributed by atoms with Crippen LogP contribution in [-0.4, -0.2) is 26.6 Å². The van der Waals surface area contributed by atoms with Crippen molar-refractivity contribution in [2.45, 2.75) is 12.8 Å². The summed E-state index contributed by atoms with van der Waals surface area (Å²) in [6.45, 7) is 1.24. The van der Waals surface area contributed by atoms with Gasteiger partial charge in [-0.15, -0.1) is 0 Å². The van der Waals surface area contributed by atoms with E-state index in [9.17, 15) is 4.79 Å². The minimum Gasteiger partial charge on any atom is -0.457 e. The van der Waals surface area contributed by atoms with Crippen LogP contribution in [0.15, 0.2) is 42.5 Å². The molecule has 1 aliphatic heterocycles. The summed E-state index contributed by atoms with van der Waals surface area (Å²) in [6.07, 6.45) is 2.68. The zero-order valence-electron chi connectivity index (χ0n) is 13.1. The molecule has 0 bridgehead atoms. The van der Waals surface area contributed by atoms with Gasteiger partial charge in [0.2, 0.25) is 0 Å². The number of nitriles is 1. The summed E-state index contributed by atoms with van der Waals surface area (Å²) in [5.74, 6) is 1.14. The number of carbonyl (C=O) groups is 1. The van der Waals surface area contributed by atoms with E-state index in [0.717, 1.165) is 19.1 Å². The molecule has 5 nitrogen and oxygen atoms in total. The Bertz CT molecular complexity index is 747. The lowest BCUT2D eigenvalue weighted by Crippen LogP contribution is -2.38. The van der Waals surface area contributed by atoms with Crippen molar-refractivity contribution in [3.8, 4) is 17.6 Å². The van der Waals surface area contributed by atoms with Crippen molar-refractivity contribution in [3.63, 3.8) is 0 Å². The summed E-state index contributed by atoms with van der Waals surface area (Å²) in [5, 5.41) is 8.81. The number of hydrogen-bond acceptors (Lipinski definition) is 5. The first-order chi connectivity index (χ1) is 11.8. The van der Waals surface area contributed by atoms with E-state index in [1.54, 1.807) is 42.5 Å². The van der Waals surface area contributed by atoms with Gasteiger partial charge in [-0.1, -0.05) is 6.07 Å². The molecule has 1 saturated heterocycles. The van der Waals surface area contributed by atoms with Gasteiger partial charge < -0.3 is 14.0 Å². The average molecular weight is 321 g/mol. The Kier molecular flexibility index (Phi) is 5.27. The van der Waals surface area contributed by atoms with Gasteiger partial charge in [-0.25, -0.2) is 0 Å². The van der Waals surface area contributed by atoms with Gasteiger partial charge >= 0.3 is 7.12 Å². The Labute approximate surface area is 140 Å². The molecule has 1 heterocycles. The van der Waals surface area contributed by atoms with E-state index in [2.05, 4.69) is 6.07 Å². The molecule has 0 N–H and O–H groups in total. The molecule has 120 valence electrons. The first-order valence-corrected chi connectivity index (χ1v) is 7.80. The summed E-state index contributed by atoms with van der Waals surface area (Å²) in [4.78, 5) is 11.4. The second-order valence-electron chi connectivity index (χ2n) is 5.43. The van der Waals surface area contributed by atoms with Crippen molar-refractivity contribution in [2.75, 3.05) is 13.2 Å². The fraction of sp³-hybridized carbons (Fsp3) is 0.222. The van der Waals surface area contributed by atoms with Gasteiger partial charge in [-0.3, -0.25) is 4.79 Å². The molecule has 0 saturated carbocycles. The molecule has 2 aromatic carbocycles. The van der Waals surface area contributed by atoms with Crippen molar-refractivity contribution in [1.82, 2.24) is 0 Å². The normalized spacial score (nSPS) is 14.5. The number of ether oxygens (including phenoxy) is 1. The molecule has 0 atom stereocenters. The van der Waals surface area contributed by atoms with Crippen molar-refractivity contribution < 1.29 is 18.8 Å². The molecule has 6 heteroatoms. The Hall–Kier alpha value is -2.62. The van der Waals surface area contributed by atoms with Gasteiger partial charge in [0.25, 0.3) is 0 Å². The molecule has 0 unspecified atom stereocenters. The van der Waals surface area contributed by atoms with E-state index in [1.165, 1.54) is 0 Å². The highest BCUT2D eigenvalue weighted by Crippen LogP contribution is 2.22. The molecule has 2 aromatic rings. The molecule has 0 spiro atoms. The molecular formula is C18H16BNO4. The van der Waals surface area contributed by atoms with Crippen molar-refractivity contribution in [1.29, 1.82) is 5.26 Å². The van der Waals surface area contributed by atoms with Gasteiger partial charge in [0.05, 0.1) is 11.6 Å². The first kappa shape index (κ1) is 16.3. The van der Waals surface area contributed by atoms with Crippen LogP contribution in [0.5, 0.6) is 11.5 Å². The number of carbonyl (C=O) groups excluding carboxylic acids is 1. The number of rotatable bonds is 4. The van der Waals surface area contributed by atoms with Crippen molar-refractivity contribution in [3.05, 3.63) is 53.6 Å². The van der Waals surface area contributed by atoms with Crippen LogP contribution in [0.2, 0.25) is 0 Å². The van der Waals surface area contributed by atoms with Gasteiger partial charge in [0.1, 0.15) is 17.8 Å². The molecule has 0 radical (unpaired) electrons. The highest BCUT2D eigenvalue weighted by atomic mass is 16.6. The maximum Gasteiger partial charge on any atom is 0.494 e. The quantitative estimate of drug-likeness (QED) is 0.640. The average Bonchev–Trinajstić information content (AvgIpc) is 2.91. The largest absolute Gasteiger partial charge is 0.494 e. The van der Waals surface area contributed by atoms with E-state index in [4.69, 9.17) is 19.3 Å². The zero-order valence-corrected chi connectivity index (χ0v) is 13.1. The van der Waals surface area contributed by atoms with Gasteiger partial charge in [0.15, 0.2) is 0 Å². The highest BCUT2D eigenvalue weighted by Gasteiger charge is 2.26. The molecule has 1 aliphatic rings. The monoisotopic (exact) mass is 321 g/mol. The fourth-order valence-corrected chi connectivity index (χ4v) is 2.48. The summed E-state index contributed by atoms with van der Waals surface area (Å²) in [6, 6.07) is 14.1. The Balaban J connectivity index is 1.80. The predicted octanol–water partition coefficient (Wildman–Crippen LogP) is 2.69. The highest BCUT2D eigenvalue weighted by molar-refractivity contribution is 6.62. The molecule has 0 amide bonds. The van der Waals surface area contributed by atoms with Crippen LogP contribution in [0, 0.1) is 11.3 Å². The Morgan fingerprint density at radius 1 is 1.04 bits per heavy atom. The maximum atomic E-state index is 11.4. The number of aldehydes is 1. The van der Waals surface area contributed by atoms with Crippen LogP contribution in [0.1, 0.15) is 28.8 Å². The lowest BCUT2D eigenvalue weighted by atomic mass is 9.76. The van der Waals surface area contributed by atoms with Crippen molar-refractivity contribution >= 4 is 18.9 Å². The number of benzene rings is 2. The summed E-state index contributed by atoms with van der Waals surface area (Å²) >= 11 is 0. The number of nitrogens with zero attached hydrogens (tertiary/aromatic N) is 1. The Morgan fingerprint density at radius 3 is 2.33 bits per heavy atom. The first-order valence-electron chi connectivity index (χ1n) is 7.80. The van der Waals surface area contributed by atoms with Crippen LogP contribution < -0.4 is 10.2 Å². The third-order valence-electron chi connectivity index (χ3n) is 3.74. The Morgan fingerprint density at radius 2 is 1.71 bits per heavy atom. The smallest absolute Gasteiger partial charge is 0.457 e. The van der Waals surface area contributed by atoms with E-state index in [0.29, 0.717) is 41.3 Å². The van der Waals surface area contributed by atoms with Crippen LogP contribution in [-0.2, 0) is 9.31 Å². The number of hydrogen-bond donors (Lipinski definition) is 0. The standard InChI is InChI=1S/C18H16BNO4/c20-12-14-3-5-16(6-4-14)24-17-7-8-18(15(11-17)13-21)19-22-9-1-2-10-23-19/h3-8,11,13H,1-2,9-10H2. The van der Waals surface area contributed by atoms with E-state index < -0.39 is 7.12 Å². The molecule has 24 heavy (non-hydrogen) atoms. The van der Waals surface area contributed by atoms with Crippen molar-refractivity contribution in [2.24, 2.45) is 0 Å². The fourth-order valence-electron chi connectivity index (χ4n) is 2.48. The maximum absolute atomic E-state index is 11.4. The third-order valence-corrected chi connectivity index (χ3v) is 3.74. The lowest BCUT2D eigenvalue weighted by Gasteiger charge is -2.14. The molecule has 0 aliphatic carbocycles. The second-order valence-corrected chi connectivity index (χ2v) is 5.43. The summed E-state index contributed by atoms with van der Waals surface area (Å²) < 4.78 is 17.1. The molecule has 3 rings (SSSR count). The third kappa shape index (κ3) is 3.83. The van der Waals surface area contributed by atoms with Crippen LogP contribution >= 0.6 is 0 Å². The second kappa shape index (κ2) is 7.78. The summed E-state index contributed by atoms with van der Waals surface area (Å²) in [5.41, 5.74) is 1.75. The van der Waals surface area contributed by atoms with Crippen LogP contribution in [0.25, 0.3) is 0 Å². The lowest BCUT2D eigenvalue weighted by molar-refractivity contribution is 0.112. The molecular weight excluding hydrogens is 305 g/mol. The predicted molar refractivity (Wildman–Crippen MR) is 89.6 cm³/mol. The van der Waals surface area contributed by atoms with E-state index in [-0.39, 0.29) is 0 Å². The minimum atomic E-state index is -0.517. The van der Waals surface area contributed by atoms with E-state index in [1.807, 2.05) is 0 Å². The topological polar surface area (TPSA) is 68.6 Å². The van der Waals surface area contributed by atoms with Gasteiger partial charge in [0, 0.05) is 18.8 Å². The zero-order chi connectivity index (χ0) is 16.8. The van der Waals surface area contributed by atoms with Crippen LogP contribution in [0.4, 0.5) is 0 Å². The van der Waals surface area contributed by atoms with Gasteiger partial charge in [-0.2, -0.15) is 5.26 Å². The summed E-state index contributed by atoms with van der Waals surface area (Å²) in [7, 11) is -0.517. The van der Waals surface area contributed by atoms with Gasteiger partial charge in [-0.05, 0) is 54.7 Å². The van der Waals surface area contributed by atoms with Crippen LogP contribution in [0.3, 0.4) is 0 Å². The molecule has 1 fully saturated rings. The van der Waals surface area contributed by atoms with E-state index >= 15 is 0 Å². The molecule has 0 aromatic heterocycles.